The highest BCUT2D eigenvalue weighted by Gasteiger charge is 2.36. The van der Waals surface area contributed by atoms with E-state index in [1.807, 2.05) is 0 Å². The van der Waals surface area contributed by atoms with Crippen molar-refractivity contribution in [1.29, 1.82) is 0 Å². The lowest BCUT2D eigenvalue weighted by molar-refractivity contribution is 0.0659. The van der Waals surface area contributed by atoms with Crippen molar-refractivity contribution in [2.45, 2.75) is 29.9 Å². The van der Waals surface area contributed by atoms with Crippen LogP contribution in [-0.4, -0.2) is 46.7 Å². The van der Waals surface area contributed by atoms with Crippen LogP contribution >= 0.6 is 23.4 Å². The molecule has 168 valence electrons. The van der Waals surface area contributed by atoms with Crippen LogP contribution in [0.25, 0.3) is 0 Å². The fraction of sp³-hybridized carbons (Fsp3) is 0.286. The number of furan rings is 1. The van der Waals surface area contributed by atoms with Crippen molar-refractivity contribution in [1.82, 2.24) is 14.9 Å². The van der Waals surface area contributed by atoms with Gasteiger partial charge in [-0.2, -0.15) is 0 Å². The SMILES string of the molecule is O=C(c1nc(SCc2ccccc2F)ncc1Cl)N(Cc1ccco1)[C@@H]1CCS(=O)(=O)C1. The molecule has 0 aliphatic carbocycles. The molecule has 1 amide bonds. The Morgan fingerprint density at radius 2 is 2.09 bits per heavy atom. The van der Waals surface area contributed by atoms with Gasteiger partial charge in [0.25, 0.3) is 5.91 Å². The topological polar surface area (TPSA) is 93.4 Å². The number of sulfone groups is 1. The fourth-order valence-corrected chi connectivity index (χ4v) is 6.13. The summed E-state index contributed by atoms with van der Waals surface area (Å²) in [7, 11) is -3.23. The van der Waals surface area contributed by atoms with E-state index in [0.717, 1.165) is 0 Å². The molecule has 0 bridgehead atoms. The van der Waals surface area contributed by atoms with E-state index >= 15 is 0 Å². The van der Waals surface area contributed by atoms with Crippen molar-refractivity contribution in [2.24, 2.45) is 0 Å². The first kappa shape index (κ1) is 22.8. The van der Waals surface area contributed by atoms with Gasteiger partial charge in [-0.25, -0.2) is 22.8 Å². The Morgan fingerprint density at radius 1 is 1.28 bits per heavy atom. The zero-order chi connectivity index (χ0) is 22.7. The maximum absolute atomic E-state index is 13.9. The Balaban J connectivity index is 1.58. The van der Waals surface area contributed by atoms with Gasteiger partial charge in [0.1, 0.15) is 11.6 Å². The molecule has 32 heavy (non-hydrogen) atoms. The quantitative estimate of drug-likeness (QED) is 0.361. The lowest BCUT2D eigenvalue weighted by atomic mass is 10.2. The van der Waals surface area contributed by atoms with Gasteiger partial charge >= 0.3 is 0 Å². The van der Waals surface area contributed by atoms with Crippen LogP contribution in [0.5, 0.6) is 0 Å². The maximum atomic E-state index is 13.9. The molecule has 0 saturated carbocycles. The van der Waals surface area contributed by atoms with Crippen molar-refractivity contribution < 1.29 is 22.0 Å². The minimum atomic E-state index is -3.23. The molecule has 2 aromatic heterocycles. The first-order valence-corrected chi connectivity index (χ1v) is 12.9. The predicted octanol–water partition coefficient (Wildman–Crippen LogP) is 3.98. The minimum Gasteiger partial charge on any atom is -0.467 e. The van der Waals surface area contributed by atoms with E-state index in [4.69, 9.17) is 16.0 Å². The third-order valence-electron chi connectivity index (χ3n) is 5.06. The monoisotopic (exact) mass is 495 g/mol. The third kappa shape index (κ3) is 5.31. The number of thioether (sulfide) groups is 1. The molecular weight excluding hydrogens is 477 g/mol. The van der Waals surface area contributed by atoms with Gasteiger partial charge in [0.2, 0.25) is 0 Å². The largest absolute Gasteiger partial charge is 0.467 e. The van der Waals surface area contributed by atoms with Gasteiger partial charge in [-0.15, -0.1) is 0 Å². The molecule has 0 unspecified atom stereocenters. The Labute approximate surface area is 193 Å². The number of nitrogens with zero attached hydrogens (tertiary/aromatic N) is 3. The van der Waals surface area contributed by atoms with E-state index in [-0.39, 0.29) is 45.5 Å². The van der Waals surface area contributed by atoms with E-state index in [1.54, 1.807) is 30.3 Å². The first-order chi connectivity index (χ1) is 15.3. The number of carbonyl (C=O) groups excluding carboxylic acids is 1. The predicted molar refractivity (Wildman–Crippen MR) is 119 cm³/mol. The van der Waals surface area contributed by atoms with Crippen LogP contribution < -0.4 is 0 Å². The number of carbonyl (C=O) groups is 1. The first-order valence-electron chi connectivity index (χ1n) is 9.75. The molecule has 0 spiro atoms. The van der Waals surface area contributed by atoms with Crippen LogP contribution in [0.2, 0.25) is 5.02 Å². The molecule has 1 atom stereocenters. The molecule has 3 aromatic rings. The summed E-state index contributed by atoms with van der Waals surface area (Å²) in [5, 5.41) is 0.313. The van der Waals surface area contributed by atoms with Gasteiger partial charge in [-0.05, 0) is 30.2 Å². The third-order valence-corrected chi connectivity index (χ3v) is 7.99. The smallest absolute Gasteiger partial charge is 0.274 e. The Kier molecular flexibility index (Phi) is 6.82. The molecule has 1 aliphatic heterocycles. The zero-order valence-corrected chi connectivity index (χ0v) is 19.2. The van der Waals surface area contributed by atoms with Crippen molar-refractivity contribution in [2.75, 3.05) is 11.5 Å². The Bertz CT molecular complexity index is 1220. The summed E-state index contributed by atoms with van der Waals surface area (Å²) in [6.07, 6.45) is 3.13. The number of halogens is 2. The highest BCUT2D eigenvalue weighted by molar-refractivity contribution is 7.98. The van der Waals surface area contributed by atoms with Crippen molar-refractivity contribution in [3.63, 3.8) is 0 Å². The number of hydrogen-bond donors (Lipinski definition) is 0. The second-order valence-corrected chi connectivity index (χ2v) is 10.9. The van der Waals surface area contributed by atoms with E-state index in [0.29, 0.717) is 17.7 Å². The van der Waals surface area contributed by atoms with Gasteiger partial charge in [-0.1, -0.05) is 41.6 Å². The van der Waals surface area contributed by atoms with E-state index in [1.165, 1.54) is 35.2 Å². The molecule has 11 heteroatoms. The van der Waals surface area contributed by atoms with E-state index in [2.05, 4.69) is 9.97 Å². The zero-order valence-electron chi connectivity index (χ0n) is 16.8. The highest BCUT2D eigenvalue weighted by Crippen LogP contribution is 2.27. The van der Waals surface area contributed by atoms with Gasteiger partial charge in [-0.3, -0.25) is 4.79 Å². The lowest BCUT2D eigenvalue weighted by Crippen LogP contribution is -2.41. The van der Waals surface area contributed by atoms with Crippen LogP contribution in [0, 0.1) is 5.82 Å². The standard InChI is InChI=1S/C21H19ClFN3O4S2/c22-17-10-24-21(31-12-14-4-1-2-6-18(14)23)25-19(17)20(27)26(11-16-5-3-8-30-16)15-7-9-32(28,29)13-15/h1-6,8,10,15H,7,9,11-13H2/t15-/m1/s1. The normalized spacial score (nSPS) is 17.4. The van der Waals surface area contributed by atoms with Crippen LogP contribution in [0.1, 0.15) is 28.2 Å². The number of aromatic nitrogens is 2. The summed E-state index contributed by atoms with van der Waals surface area (Å²) < 4.78 is 43.3. The maximum Gasteiger partial charge on any atom is 0.274 e. The molecule has 0 radical (unpaired) electrons. The molecular formula is C21H19ClFN3O4S2. The van der Waals surface area contributed by atoms with Crippen molar-refractivity contribution >= 4 is 39.1 Å². The number of hydrogen-bond acceptors (Lipinski definition) is 7. The van der Waals surface area contributed by atoms with Gasteiger partial charge < -0.3 is 9.32 Å². The minimum absolute atomic E-state index is 0.0147. The summed E-state index contributed by atoms with van der Waals surface area (Å²) >= 11 is 7.41. The lowest BCUT2D eigenvalue weighted by Gasteiger charge is -2.27. The van der Waals surface area contributed by atoms with Gasteiger partial charge in [0.05, 0.1) is 35.5 Å². The Hall–Kier alpha value is -2.43. The van der Waals surface area contributed by atoms with Crippen LogP contribution in [0.3, 0.4) is 0 Å². The van der Waals surface area contributed by atoms with Crippen molar-refractivity contribution in [3.05, 3.63) is 76.7 Å². The number of benzene rings is 1. The molecule has 3 heterocycles. The second-order valence-electron chi connectivity index (χ2n) is 7.30. The Morgan fingerprint density at radius 3 is 2.78 bits per heavy atom. The second kappa shape index (κ2) is 9.60. The van der Waals surface area contributed by atoms with Crippen LogP contribution in [0.4, 0.5) is 4.39 Å². The van der Waals surface area contributed by atoms with Crippen LogP contribution in [-0.2, 0) is 22.1 Å². The van der Waals surface area contributed by atoms with E-state index < -0.39 is 21.8 Å². The molecule has 7 nitrogen and oxygen atoms in total. The molecule has 1 aromatic carbocycles. The molecule has 4 rings (SSSR count). The summed E-state index contributed by atoms with van der Waals surface area (Å²) in [6, 6.07) is 9.26. The molecule has 1 saturated heterocycles. The summed E-state index contributed by atoms with van der Waals surface area (Å²) in [4.78, 5) is 23.3. The van der Waals surface area contributed by atoms with Crippen molar-refractivity contribution in [3.8, 4) is 0 Å². The van der Waals surface area contributed by atoms with Gasteiger partial charge in [0, 0.05) is 11.8 Å². The molecule has 1 aliphatic rings. The fourth-order valence-electron chi connectivity index (χ4n) is 3.42. The summed E-state index contributed by atoms with van der Waals surface area (Å²) in [5.41, 5.74) is 0.452. The molecule has 0 N–H and O–H groups in total. The van der Waals surface area contributed by atoms with Gasteiger partial charge in [0.15, 0.2) is 20.7 Å². The van der Waals surface area contributed by atoms with Crippen LogP contribution in [0.15, 0.2) is 58.4 Å². The summed E-state index contributed by atoms with van der Waals surface area (Å²) in [5.74, 6) is -0.167. The summed E-state index contributed by atoms with van der Waals surface area (Å²) in [6.45, 7) is 0.0874. The molecule has 1 fully saturated rings. The highest BCUT2D eigenvalue weighted by atomic mass is 35.5. The van der Waals surface area contributed by atoms with E-state index in [9.17, 15) is 17.6 Å². The number of rotatable bonds is 7. The average molecular weight is 496 g/mol. The average Bonchev–Trinajstić information content (AvgIpc) is 3.41. The number of amides is 1.